The molecule has 1 amide bonds. The molecule has 0 spiro atoms. The van der Waals surface area contributed by atoms with Crippen molar-refractivity contribution in [3.8, 4) is 22.8 Å². The molecule has 1 aliphatic heterocycles. The molecule has 2 heterocycles. The van der Waals surface area contributed by atoms with Crippen molar-refractivity contribution >= 4 is 15.7 Å². The van der Waals surface area contributed by atoms with Crippen LogP contribution in [0.2, 0.25) is 0 Å². The number of amides is 1. The van der Waals surface area contributed by atoms with Gasteiger partial charge in [0.05, 0.1) is 10.6 Å². The normalized spacial score (nSPS) is 12.7. The van der Waals surface area contributed by atoms with Gasteiger partial charge in [0.2, 0.25) is 6.79 Å². The van der Waals surface area contributed by atoms with E-state index in [-0.39, 0.29) is 29.0 Å². The standard InChI is InChI=1S/C20H18N2O6S/c1-2-29(24,25)15-6-4-14(5-7-15)18-10-16(22-28-18)20(23)21-11-13-3-8-17-19(9-13)27-12-26-17/h3-10H,2,11-12H2,1H3,(H,21,23). The smallest absolute Gasteiger partial charge is 0.273 e. The Labute approximate surface area is 167 Å². The van der Waals surface area contributed by atoms with Crippen LogP contribution in [0.5, 0.6) is 11.5 Å². The van der Waals surface area contributed by atoms with Crippen molar-refractivity contribution in [3.05, 3.63) is 59.8 Å². The fourth-order valence-electron chi connectivity index (χ4n) is 2.84. The fourth-order valence-corrected chi connectivity index (χ4v) is 3.72. The first kappa shape index (κ1) is 19.0. The summed E-state index contributed by atoms with van der Waals surface area (Å²) in [5, 5.41) is 6.57. The van der Waals surface area contributed by atoms with E-state index >= 15 is 0 Å². The first-order valence-corrected chi connectivity index (χ1v) is 10.6. The predicted molar refractivity (Wildman–Crippen MR) is 103 cm³/mol. The summed E-state index contributed by atoms with van der Waals surface area (Å²) < 4.78 is 39.6. The third-order valence-electron chi connectivity index (χ3n) is 4.51. The zero-order chi connectivity index (χ0) is 20.4. The third kappa shape index (κ3) is 3.95. The molecule has 3 aromatic rings. The monoisotopic (exact) mass is 414 g/mol. The van der Waals surface area contributed by atoms with Crippen LogP contribution in [0, 0.1) is 0 Å². The van der Waals surface area contributed by atoms with E-state index in [2.05, 4.69) is 10.5 Å². The van der Waals surface area contributed by atoms with E-state index in [1.54, 1.807) is 25.1 Å². The Morgan fingerprint density at radius 2 is 1.83 bits per heavy atom. The molecule has 9 heteroatoms. The highest BCUT2D eigenvalue weighted by molar-refractivity contribution is 7.91. The topological polar surface area (TPSA) is 108 Å². The van der Waals surface area contributed by atoms with E-state index in [4.69, 9.17) is 14.0 Å². The zero-order valence-corrected chi connectivity index (χ0v) is 16.4. The van der Waals surface area contributed by atoms with Crippen LogP contribution in [0.25, 0.3) is 11.3 Å². The van der Waals surface area contributed by atoms with Crippen molar-refractivity contribution in [3.63, 3.8) is 0 Å². The summed E-state index contributed by atoms with van der Waals surface area (Å²) in [6, 6.07) is 13.2. The summed E-state index contributed by atoms with van der Waals surface area (Å²) in [4.78, 5) is 12.6. The molecule has 1 aromatic heterocycles. The van der Waals surface area contributed by atoms with Crippen molar-refractivity contribution < 1.29 is 27.2 Å². The molecule has 2 aromatic carbocycles. The van der Waals surface area contributed by atoms with Gasteiger partial charge in [0.1, 0.15) is 0 Å². The van der Waals surface area contributed by atoms with Gasteiger partial charge in [-0.25, -0.2) is 8.42 Å². The number of sulfone groups is 1. The lowest BCUT2D eigenvalue weighted by Crippen LogP contribution is -2.22. The fraction of sp³-hybridized carbons (Fsp3) is 0.200. The van der Waals surface area contributed by atoms with E-state index < -0.39 is 9.84 Å². The largest absolute Gasteiger partial charge is 0.454 e. The van der Waals surface area contributed by atoms with Crippen LogP contribution in [0.15, 0.2) is 57.9 Å². The zero-order valence-electron chi connectivity index (χ0n) is 15.5. The molecule has 150 valence electrons. The summed E-state index contributed by atoms with van der Waals surface area (Å²) >= 11 is 0. The maximum absolute atomic E-state index is 12.4. The second-order valence-corrected chi connectivity index (χ2v) is 8.65. The van der Waals surface area contributed by atoms with Gasteiger partial charge in [-0.05, 0) is 42.0 Å². The Hall–Kier alpha value is -3.33. The lowest BCUT2D eigenvalue weighted by Gasteiger charge is -2.04. The SMILES string of the molecule is CCS(=O)(=O)c1ccc(-c2cc(C(=O)NCc3ccc4c(c3)OCO4)no2)cc1. The molecule has 0 atom stereocenters. The van der Waals surface area contributed by atoms with Gasteiger partial charge < -0.3 is 19.3 Å². The Morgan fingerprint density at radius 1 is 1.07 bits per heavy atom. The van der Waals surface area contributed by atoms with Gasteiger partial charge in [-0.1, -0.05) is 18.1 Å². The van der Waals surface area contributed by atoms with Crippen molar-refractivity contribution in [2.45, 2.75) is 18.4 Å². The highest BCUT2D eigenvalue weighted by Gasteiger charge is 2.17. The minimum absolute atomic E-state index is 0.0301. The van der Waals surface area contributed by atoms with Crippen LogP contribution in [0.1, 0.15) is 23.0 Å². The Bertz CT molecular complexity index is 1150. The first-order chi connectivity index (χ1) is 14.0. The number of nitrogens with one attached hydrogen (secondary N) is 1. The number of aromatic nitrogens is 1. The summed E-state index contributed by atoms with van der Waals surface area (Å²) in [7, 11) is -3.27. The van der Waals surface area contributed by atoms with Gasteiger partial charge in [-0.3, -0.25) is 4.79 Å². The summed E-state index contributed by atoms with van der Waals surface area (Å²) in [6.45, 7) is 2.08. The molecule has 0 unspecified atom stereocenters. The maximum Gasteiger partial charge on any atom is 0.273 e. The van der Waals surface area contributed by atoms with Gasteiger partial charge in [-0.2, -0.15) is 0 Å². The quantitative estimate of drug-likeness (QED) is 0.661. The number of carbonyl (C=O) groups excluding carboxylic acids is 1. The summed E-state index contributed by atoms with van der Waals surface area (Å²) in [5.74, 6) is 1.34. The molecule has 1 aliphatic rings. The minimum Gasteiger partial charge on any atom is -0.454 e. The van der Waals surface area contributed by atoms with Gasteiger partial charge in [0.25, 0.3) is 5.91 Å². The molecule has 1 N–H and O–H groups in total. The van der Waals surface area contributed by atoms with E-state index in [0.29, 0.717) is 29.4 Å². The van der Waals surface area contributed by atoms with Gasteiger partial charge in [-0.15, -0.1) is 0 Å². The van der Waals surface area contributed by atoms with Crippen molar-refractivity contribution in [2.75, 3.05) is 12.5 Å². The molecule has 0 fully saturated rings. The van der Waals surface area contributed by atoms with E-state index in [1.807, 2.05) is 12.1 Å². The van der Waals surface area contributed by atoms with Gasteiger partial charge in [0, 0.05) is 18.2 Å². The van der Waals surface area contributed by atoms with Crippen LogP contribution in [-0.2, 0) is 16.4 Å². The Balaban J connectivity index is 1.42. The van der Waals surface area contributed by atoms with E-state index in [1.165, 1.54) is 18.2 Å². The number of benzene rings is 2. The number of nitrogens with zero attached hydrogens (tertiary/aromatic N) is 1. The second-order valence-electron chi connectivity index (χ2n) is 6.37. The molecule has 0 saturated carbocycles. The minimum atomic E-state index is -3.27. The van der Waals surface area contributed by atoms with Crippen molar-refractivity contribution in [2.24, 2.45) is 0 Å². The number of hydrogen-bond acceptors (Lipinski definition) is 7. The molecule has 0 aliphatic carbocycles. The number of fused-ring (bicyclic) bond motifs is 1. The van der Waals surface area contributed by atoms with Crippen LogP contribution >= 0.6 is 0 Å². The lowest BCUT2D eigenvalue weighted by atomic mass is 10.1. The number of hydrogen-bond donors (Lipinski definition) is 1. The highest BCUT2D eigenvalue weighted by Crippen LogP contribution is 2.32. The van der Waals surface area contributed by atoms with Crippen molar-refractivity contribution in [1.29, 1.82) is 0 Å². The lowest BCUT2D eigenvalue weighted by molar-refractivity contribution is 0.0942. The van der Waals surface area contributed by atoms with Crippen LogP contribution in [0.3, 0.4) is 0 Å². The molecule has 29 heavy (non-hydrogen) atoms. The summed E-state index contributed by atoms with van der Waals surface area (Å²) in [6.07, 6.45) is 0. The second kappa shape index (κ2) is 7.59. The van der Waals surface area contributed by atoms with Gasteiger partial charge >= 0.3 is 0 Å². The maximum atomic E-state index is 12.4. The predicted octanol–water partition coefficient (Wildman–Crippen LogP) is 2.79. The van der Waals surface area contributed by atoms with Crippen LogP contribution in [-0.4, -0.2) is 32.0 Å². The number of carbonyl (C=O) groups is 1. The Kier molecular flexibility index (Phi) is 4.98. The molecule has 4 rings (SSSR count). The molecular formula is C20H18N2O6S. The average Bonchev–Trinajstić information content (AvgIpc) is 3.41. The third-order valence-corrected chi connectivity index (χ3v) is 6.26. The molecule has 0 bridgehead atoms. The Morgan fingerprint density at radius 3 is 2.59 bits per heavy atom. The molecule has 0 radical (unpaired) electrons. The first-order valence-electron chi connectivity index (χ1n) is 8.93. The van der Waals surface area contributed by atoms with Gasteiger partial charge in [0.15, 0.2) is 32.8 Å². The molecular weight excluding hydrogens is 396 g/mol. The number of rotatable bonds is 6. The molecule has 8 nitrogen and oxygen atoms in total. The van der Waals surface area contributed by atoms with Crippen molar-refractivity contribution in [1.82, 2.24) is 10.5 Å². The van der Waals surface area contributed by atoms with E-state index in [9.17, 15) is 13.2 Å². The van der Waals surface area contributed by atoms with Crippen LogP contribution in [0.4, 0.5) is 0 Å². The van der Waals surface area contributed by atoms with Crippen LogP contribution < -0.4 is 14.8 Å². The highest BCUT2D eigenvalue weighted by atomic mass is 32.2. The van der Waals surface area contributed by atoms with E-state index in [0.717, 1.165) is 5.56 Å². The average molecular weight is 414 g/mol. The number of ether oxygens (including phenoxy) is 2. The summed E-state index contributed by atoms with van der Waals surface area (Å²) in [5.41, 5.74) is 1.62. The molecule has 0 saturated heterocycles.